The van der Waals surface area contributed by atoms with Gasteiger partial charge < -0.3 is 4.74 Å². The van der Waals surface area contributed by atoms with Gasteiger partial charge >= 0.3 is 0 Å². The summed E-state index contributed by atoms with van der Waals surface area (Å²) in [4.78, 5) is 5.34. The summed E-state index contributed by atoms with van der Waals surface area (Å²) in [6.45, 7) is 0. The Hall–Kier alpha value is -1.27. The average Bonchev–Trinajstić information content (AvgIpc) is 2.84. The van der Waals surface area contributed by atoms with E-state index in [1.807, 2.05) is 29.0 Å². The van der Waals surface area contributed by atoms with Crippen molar-refractivity contribution in [1.29, 1.82) is 0 Å². The molecule has 0 aliphatic heterocycles. The largest absolute Gasteiger partial charge is 0.497 e. The van der Waals surface area contributed by atoms with Crippen LogP contribution in [-0.2, 0) is 0 Å². The zero-order valence-electron chi connectivity index (χ0n) is 8.80. The average molecular weight is 251 g/mol. The van der Waals surface area contributed by atoms with Crippen molar-refractivity contribution in [2.24, 2.45) is 0 Å². The molecule has 0 spiro atoms. The molecule has 3 rings (SSSR count). The molecular weight excluding hydrogens is 242 g/mol. The van der Waals surface area contributed by atoms with Crippen LogP contribution in [0.5, 0.6) is 5.75 Å². The lowest BCUT2D eigenvalue weighted by molar-refractivity contribution is 0.415. The van der Waals surface area contributed by atoms with Gasteiger partial charge in [0, 0.05) is 0 Å². The Bertz CT molecular complexity index is 653. The van der Waals surface area contributed by atoms with Crippen LogP contribution in [0.15, 0.2) is 23.4 Å². The number of aromatic nitrogens is 3. The Morgan fingerprint density at radius 2 is 2.31 bits per heavy atom. The van der Waals surface area contributed by atoms with Gasteiger partial charge in [0.05, 0.1) is 17.3 Å². The van der Waals surface area contributed by atoms with E-state index in [9.17, 15) is 0 Å². The highest BCUT2D eigenvalue weighted by Crippen LogP contribution is 2.29. The number of benzene rings is 1. The molecule has 82 valence electrons. The van der Waals surface area contributed by atoms with E-state index in [1.165, 1.54) is 0 Å². The summed E-state index contributed by atoms with van der Waals surface area (Å²) < 4.78 is 8.21. The molecule has 0 fully saturated rings. The third-order valence-electron chi connectivity index (χ3n) is 2.34. The molecule has 2 heterocycles. The van der Waals surface area contributed by atoms with Gasteiger partial charge in [-0.05, 0) is 24.5 Å². The number of rotatable bonds is 2. The SMILES string of the molecule is COc1ccc2c(c1)sc1nc(SC)nn12. The quantitative estimate of drug-likeness (QED) is 0.656. The summed E-state index contributed by atoms with van der Waals surface area (Å²) in [6.07, 6.45) is 1.98. The van der Waals surface area contributed by atoms with Crippen LogP contribution in [0.1, 0.15) is 0 Å². The summed E-state index contributed by atoms with van der Waals surface area (Å²) >= 11 is 3.18. The monoisotopic (exact) mass is 251 g/mol. The molecule has 0 atom stereocenters. The molecule has 1 aromatic carbocycles. The minimum Gasteiger partial charge on any atom is -0.497 e. The van der Waals surface area contributed by atoms with Crippen molar-refractivity contribution >= 4 is 38.3 Å². The smallest absolute Gasteiger partial charge is 0.214 e. The zero-order chi connectivity index (χ0) is 11.1. The van der Waals surface area contributed by atoms with Crippen molar-refractivity contribution < 1.29 is 4.74 Å². The maximum Gasteiger partial charge on any atom is 0.214 e. The highest BCUT2D eigenvalue weighted by Gasteiger charge is 2.10. The second-order valence-electron chi connectivity index (χ2n) is 3.23. The van der Waals surface area contributed by atoms with Crippen molar-refractivity contribution in [2.45, 2.75) is 5.16 Å². The highest BCUT2D eigenvalue weighted by atomic mass is 32.2. The van der Waals surface area contributed by atoms with E-state index >= 15 is 0 Å². The number of thiazole rings is 1. The van der Waals surface area contributed by atoms with Crippen molar-refractivity contribution in [3.8, 4) is 5.75 Å². The molecule has 0 unspecified atom stereocenters. The second kappa shape index (κ2) is 3.64. The number of ether oxygens (including phenoxy) is 1. The fourth-order valence-corrected chi connectivity index (χ4v) is 2.95. The number of fused-ring (bicyclic) bond motifs is 3. The van der Waals surface area contributed by atoms with E-state index in [4.69, 9.17) is 4.74 Å². The van der Waals surface area contributed by atoms with Crippen LogP contribution in [0.3, 0.4) is 0 Å². The fraction of sp³-hybridized carbons (Fsp3) is 0.200. The predicted octanol–water partition coefficient (Wildman–Crippen LogP) is 2.67. The van der Waals surface area contributed by atoms with E-state index in [0.29, 0.717) is 0 Å². The first-order valence-corrected chi connectivity index (χ1v) is 6.73. The van der Waals surface area contributed by atoms with E-state index in [-0.39, 0.29) is 0 Å². The topological polar surface area (TPSA) is 39.4 Å². The van der Waals surface area contributed by atoms with Gasteiger partial charge in [-0.25, -0.2) is 4.52 Å². The molecule has 0 bridgehead atoms. The lowest BCUT2D eigenvalue weighted by Crippen LogP contribution is -1.85. The maximum absolute atomic E-state index is 5.19. The van der Waals surface area contributed by atoms with Gasteiger partial charge in [-0.3, -0.25) is 0 Å². The molecule has 16 heavy (non-hydrogen) atoms. The Balaban J connectivity index is 2.31. The third kappa shape index (κ3) is 1.37. The number of hydrogen-bond donors (Lipinski definition) is 0. The van der Waals surface area contributed by atoms with Crippen molar-refractivity contribution in [1.82, 2.24) is 14.6 Å². The molecular formula is C10H9N3OS2. The van der Waals surface area contributed by atoms with E-state index < -0.39 is 0 Å². The van der Waals surface area contributed by atoms with Crippen molar-refractivity contribution in [3.05, 3.63) is 18.2 Å². The molecule has 0 aliphatic rings. The van der Waals surface area contributed by atoms with Crippen LogP contribution < -0.4 is 4.74 Å². The number of nitrogens with zero attached hydrogens (tertiary/aromatic N) is 3. The van der Waals surface area contributed by atoms with Crippen LogP contribution in [0.4, 0.5) is 0 Å². The fourth-order valence-electron chi connectivity index (χ4n) is 1.57. The van der Waals surface area contributed by atoms with Crippen LogP contribution in [0.25, 0.3) is 15.2 Å². The molecule has 0 saturated heterocycles. The van der Waals surface area contributed by atoms with E-state index in [1.54, 1.807) is 30.2 Å². The first-order valence-electron chi connectivity index (χ1n) is 4.69. The van der Waals surface area contributed by atoms with Crippen molar-refractivity contribution in [2.75, 3.05) is 13.4 Å². The van der Waals surface area contributed by atoms with Gasteiger partial charge in [-0.15, -0.1) is 5.10 Å². The normalized spacial score (nSPS) is 11.4. The van der Waals surface area contributed by atoms with E-state index in [0.717, 1.165) is 26.1 Å². The van der Waals surface area contributed by atoms with Gasteiger partial charge in [-0.1, -0.05) is 23.1 Å². The Morgan fingerprint density at radius 1 is 1.44 bits per heavy atom. The molecule has 0 radical (unpaired) electrons. The Kier molecular flexibility index (Phi) is 2.26. The van der Waals surface area contributed by atoms with Crippen LogP contribution in [-0.4, -0.2) is 28.0 Å². The molecule has 0 aliphatic carbocycles. The minimum atomic E-state index is 0.809. The molecule has 2 aromatic heterocycles. The minimum absolute atomic E-state index is 0.809. The van der Waals surface area contributed by atoms with Gasteiger partial charge in [0.15, 0.2) is 0 Å². The van der Waals surface area contributed by atoms with Crippen LogP contribution in [0, 0.1) is 0 Å². The first-order chi connectivity index (χ1) is 7.81. The number of hydrogen-bond acceptors (Lipinski definition) is 5. The van der Waals surface area contributed by atoms with Gasteiger partial charge in [0.25, 0.3) is 0 Å². The standard InChI is InChI=1S/C10H9N3OS2/c1-14-6-3-4-7-8(5-6)16-10-11-9(15-2)12-13(7)10/h3-5H,1-2H3. The van der Waals surface area contributed by atoms with Crippen LogP contribution in [0.2, 0.25) is 0 Å². The Labute approximate surface area is 100 Å². The molecule has 0 amide bonds. The first kappa shape index (κ1) is 9.92. The second-order valence-corrected chi connectivity index (χ2v) is 5.01. The highest BCUT2D eigenvalue weighted by molar-refractivity contribution is 7.98. The number of methoxy groups -OCH3 is 1. The third-order valence-corrected chi connectivity index (χ3v) is 3.87. The molecule has 0 saturated carbocycles. The number of thioether (sulfide) groups is 1. The van der Waals surface area contributed by atoms with Gasteiger partial charge in [0.2, 0.25) is 10.1 Å². The summed E-state index contributed by atoms with van der Waals surface area (Å²) in [5.41, 5.74) is 1.08. The predicted molar refractivity (Wildman–Crippen MR) is 66.7 cm³/mol. The Morgan fingerprint density at radius 3 is 3.06 bits per heavy atom. The van der Waals surface area contributed by atoms with Crippen molar-refractivity contribution in [3.63, 3.8) is 0 Å². The lowest BCUT2D eigenvalue weighted by atomic mass is 10.3. The summed E-state index contributed by atoms with van der Waals surface area (Å²) in [5, 5.41) is 5.22. The summed E-state index contributed by atoms with van der Waals surface area (Å²) in [5.74, 6) is 0.863. The maximum atomic E-state index is 5.19. The zero-order valence-corrected chi connectivity index (χ0v) is 10.4. The molecule has 4 nitrogen and oxygen atoms in total. The molecule has 6 heteroatoms. The summed E-state index contributed by atoms with van der Waals surface area (Å²) in [6, 6.07) is 5.96. The molecule has 0 N–H and O–H groups in total. The lowest BCUT2D eigenvalue weighted by Gasteiger charge is -1.97. The van der Waals surface area contributed by atoms with Gasteiger partial charge in [0.1, 0.15) is 5.75 Å². The van der Waals surface area contributed by atoms with Gasteiger partial charge in [-0.2, -0.15) is 4.98 Å². The van der Waals surface area contributed by atoms with E-state index in [2.05, 4.69) is 10.1 Å². The summed E-state index contributed by atoms with van der Waals surface area (Å²) in [7, 11) is 1.67. The molecule has 3 aromatic rings. The van der Waals surface area contributed by atoms with Crippen LogP contribution >= 0.6 is 23.1 Å².